The third kappa shape index (κ3) is 2.50. The Kier molecular flexibility index (Phi) is 3.18. The van der Waals surface area contributed by atoms with Gasteiger partial charge in [-0.05, 0) is 26.0 Å². The molecule has 5 nitrogen and oxygen atoms in total. The Morgan fingerprint density at radius 1 is 1.29 bits per heavy atom. The summed E-state index contributed by atoms with van der Waals surface area (Å²) in [5.41, 5.74) is 2.21. The Morgan fingerprint density at radius 2 is 1.94 bits per heavy atom. The minimum absolute atomic E-state index is 0.325. The van der Waals surface area contributed by atoms with Crippen molar-refractivity contribution >= 4 is 22.9 Å². The van der Waals surface area contributed by atoms with Crippen molar-refractivity contribution in [3.8, 4) is 0 Å². The normalized spacial score (nSPS) is 10.2. The number of anilines is 1. The summed E-state index contributed by atoms with van der Waals surface area (Å²) in [5.74, 6) is 0.433. The third-order valence-corrected chi connectivity index (χ3v) is 2.24. The molecule has 1 aromatic heterocycles. The highest BCUT2D eigenvalue weighted by Crippen LogP contribution is 2.15. The maximum absolute atomic E-state index is 11.3. The van der Waals surface area contributed by atoms with Gasteiger partial charge in [0, 0.05) is 0 Å². The number of para-hydroxylation sites is 2. The molecule has 0 unspecified atom stereocenters. The fourth-order valence-electron chi connectivity index (χ4n) is 1.47. The second-order valence-electron chi connectivity index (χ2n) is 3.49. The Morgan fingerprint density at radius 3 is 2.59 bits per heavy atom. The summed E-state index contributed by atoms with van der Waals surface area (Å²) >= 11 is 0. The third-order valence-electron chi connectivity index (χ3n) is 2.24. The van der Waals surface area contributed by atoms with Crippen LogP contribution in [0, 0.1) is 6.92 Å². The first-order valence-corrected chi connectivity index (χ1v) is 5.38. The molecule has 1 N–H and O–H groups in total. The molecule has 0 radical (unpaired) electrons. The summed E-state index contributed by atoms with van der Waals surface area (Å²) < 4.78 is 4.80. The summed E-state index contributed by atoms with van der Waals surface area (Å²) in [5, 5.41) is 2.57. The van der Waals surface area contributed by atoms with Crippen LogP contribution in [-0.4, -0.2) is 22.7 Å². The lowest BCUT2D eigenvalue weighted by molar-refractivity contribution is 0.168. The van der Waals surface area contributed by atoms with E-state index in [0.29, 0.717) is 18.1 Å². The minimum Gasteiger partial charge on any atom is -0.450 e. The van der Waals surface area contributed by atoms with E-state index in [4.69, 9.17) is 4.74 Å². The highest BCUT2D eigenvalue weighted by molar-refractivity contribution is 5.86. The zero-order valence-corrected chi connectivity index (χ0v) is 9.73. The molecule has 1 heterocycles. The lowest BCUT2D eigenvalue weighted by Gasteiger charge is -2.07. The van der Waals surface area contributed by atoms with Crippen LogP contribution in [0.5, 0.6) is 0 Å². The largest absolute Gasteiger partial charge is 0.450 e. The number of nitrogens with one attached hydrogen (secondary N) is 1. The molecular weight excluding hydrogens is 218 g/mol. The van der Waals surface area contributed by atoms with E-state index in [2.05, 4.69) is 15.3 Å². The molecule has 0 bridgehead atoms. The predicted molar refractivity (Wildman–Crippen MR) is 64.9 cm³/mol. The molecular formula is C12H13N3O2. The van der Waals surface area contributed by atoms with Crippen molar-refractivity contribution in [3.05, 3.63) is 30.0 Å². The van der Waals surface area contributed by atoms with Crippen molar-refractivity contribution in [2.75, 3.05) is 11.9 Å². The number of amides is 1. The van der Waals surface area contributed by atoms with Gasteiger partial charge in [-0.2, -0.15) is 0 Å². The second kappa shape index (κ2) is 4.78. The lowest BCUT2D eigenvalue weighted by Crippen LogP contribution is -2.15. The predicted octanol–water partition coefficient (Wildman–Crippen LogP) is 2.51. The number of rotatable bonds is 2. The zero-order chi connectivity index (χ0) is 12.3. The molecule has 0 aliphatic heterocycles. The van der Waals surface area contributed by atoms with Crippen LogP contribution in [0.15, 0.2) is 24.3 Å². The van der Waals surface area contributed by atoms with Crippen LogP contribution in [0.3, 0.4) is 0 Å². The smallest absolute Gasteiger partial charge is 0.412 e. The van der Waals surface area contributed by atoms with Gasteiger partial charge < -0.3 is 4.74 Å². The van der Waals surface area contributed by atoms with Gasteiger partial charge >= 0.3 is 6.09 Å². The Labute approximate surface area is 98.8 Å². The maximum Gasteiger partial charge on any atom is 0.412 e. The summed E-state index contributed by atoms with van der Waals surface area (Å²) in [7, 11) is 0. The van der Waals surface area contributed by atoms with Crippen LogP contribution in [-0.2, 0) is 4.74 Å². The number of nitrogens with zero attached hydrogens (tertiary/aromatic N) is 2. The number of fused-ring (bicyclic) bond motifs is 1. The molecule has 0 saturated carbocycles. The van der Waals surface area contributed by atoms with Crippen molar-refractivity contribution in [1.29, 1.82) is 0 Å². The van der Waals surface area contributed by atoms with E-state index in [0.717, 1.165) is 11.0 Å². The van der Waals surface area contributed by atoms with E-state index >= 15 is 0 Å². The molecule has 2 aromatic rings. The number of aryl methyl sites for hydroxylation is 1. The van der Waals surface area contributed by atoms with Crippen molar-refractivity contribution in [1.82, 2.24) is 9.97 Å². The molecule has 2 rings (SSSR count). The molecule has 1 amide bonds. The van der Waals surface area contributed by atoms with Gasteiger partial charge in [0.1, 0.15) is 0 Å². The summed E-state index contributed by atoms with van der Waals surface area (Å²) in [6, 6.07) is 7.50. The average Bonchev–Trinajstić information content (AvgIpc) is 2.30. The molecule has 0 atom stereocenters. The molecule has 5 heteroatoms. The van der Waals surface area contributed by atoms with E-state index in [-0.39, 0.29) is 0 Å². The summed E-state index contributed by atoms with van der Waals surface area (Å²) in [6.07, 6.45) is -0.514. The van der Waals surface area contributed by atoms with Gasteiger partial charge in [-0.1, -0.05) is 12.1 Å². The van der Waals surface area contributed by atoms with E-state index in [1.54, 1.807) is 13.8 Å². The van der Waals surface area contributed by atoms with E-state index in [9.17, 15) is 4.79 Å². The Hall–Kier alpha value is -2.17. The number of carbonyl (C=O) groups excluding carboxylic acids is 1. The fourth-order valence-corrected chi connectivity index (χ4v) is 1.47. The monoisotopic (exact) mass is 231 g/mol. The molecule has 17 heavy (non-hydrogen) atoms. The molecule has 0 aliphatic rings. The zero-order valence-electron chi connectivity index (χ0n) is 9.73. The SMILES string of the molecule is CCOC(=O)Nc1nc2ccccc2nc1C. The molecule has 88 valence electrons. The molecule has 0 saturated heterocycles. The van der Waals surface area contributed by atoms with Crippen LogP contribution in [0.25, 0.3) is 11.0 Å². The van der Waals surface area contributed by atoms with Crippen molar-refractivity contribution in [3.63, 3.8) is 0 Å². The Balaban J connectivity index is 2.34. The van der Waals surface area contributed by atoms with Crippen LogP contribution >= 0.6 is 0 Å². The quantitative estimate of drug-likeness (QED) is 0.862. The molecule has 0 spiro atoms. The number of aromatic nitrogens is 2. The van der Waals surface area contributed by atoms with Gasteiger partial charge in [-0.25, -0.2) is 14.8 Å². The van der Waals surface area contributed by atoms with Gasteiger partial charge in [-0.15, -0.1) is 0 Å². The molecule has 0 fully saturated rings. The summed E-state index contributed by atoms with van der Waals surface area (Å²) in [6.45, 7) is 3.87. The van der Waals surface area contributed by atoms with Gasteiger partial charge in [0.15, 0.2) is 5.82 Å². The van der Waals surface area contributed by atoms with Crippen molar-refractivity contribution in [2.45, 2.75) is 13.8 Å². The maximum atomic E-state index is 11.3. The van der Waals surface area contributed by atoms with Crippen LogP contribution in [0.2, 0.25) is 0 Å². The van der Waals surface area contributed by atoms with E-state index in [1.807, 2.05) is 24.3 Å². The van der Waals surface area contributed by atoms with E-state index < -0.39 is 6.09 Å². The van der Waals surface area contributed by atoms with E-state index in [1.165, 1.54) is 0 Å². The second-order valence-corrected chi connectivity index (χ2v) is 3.49. The number of hydrogen-bond acceptors (Lipinski definition) is 4. The first-order chi connectivity index (χ1) is 8.20. The first-order valence-electron chi connectivity index (χ1n) is 5.38. The summed E-state index contributed by atoms with van der Waals surface area (Å²) in [4.78, 5) is 20.0. The number of ether oxygens (including phenoxy) is 1. The van der Waals surface area contributed by atoms with Gasteiger partial charge in [0.05, 0.1) is 23.3 Å². The highest BCUT2D eigenvalue weighted by atomic mass is 16.5. The minimum atomic E-state index is -0.514. The number of hydrogen-bond donors (Lipinski definition) is 1. The van der Waals surface area contributed by atoms with Gasteiger partial charge in [-0.3, -0.25) is 5.32 Å². The Bertz CT molecular complexity index is 554. The fraction of sp³-hybridized carbons (Fsp3) is 0.250. The topological polar surface area (TPSA) is 64.1 Å². The lowest BCUT2D eigenvalue weighted by atomic mass is 10.3. The van der Waals surface area contributed by atoms with Crippen molar-refractivity contribution in [2.24, 2.45) is 0 Å². The van der Waals surface area contributed by atoms with Crippen molar-refractivity contribution < 1.29 is 9.53 Å². The number of benzene rings is 1. The highest BCUT2D eigenvalue weighted by Gasteiger charge is 2.08. The molecule has 0 aliphatic carbocycles. The van der Waals surface area contributed by atoms with Crippen LogP contribution in [0.4, 0.5) is 10.6 Å². The molecule has 1 aromatic carbocycles. The van der Waals surface area contributed by atoms with Gasteiger partial charge in [0.2, 0.25) is 0 Å². The van der Waals surface area contributed by atoms with Gasteiger partial charge in [0.25, 0.3) is 0 Å². The first kappa shape index (κ1) is 11.3. The average molecular weight is 231 g/mol. The van der Waals surface area contributed by atoms with Crippen LogP contribution < -0.4 is 5.32 Å². The number of carbonyl (C=O) groups is 1. The standard InChI is InChI=1S/C12H13N3O2/c1-3-17-12(16)15-11-8(2)13-9-6-4-5-7-10(9)14-11/h4-7H,3H2,1-2H3,(H,14,15,16). The van der Waals surface area contributed by atoms with Crippen LogP contribution in [0.1, 0.15) is 12.6 Å².